The van der Waals surface area contributed by atoms with E-state index in [9.17, 15) is 0 Å². The van der Waals surface area contributed by atoms with Crippen molar-refractivity contribution in [3.05, 3.63) is 11.6 Å². The molecule has 7 unspecified atom stereocenters. The number of hydrogen-bond donors (Lipinski definition) is 2. The van der Waals surface area contributed by atoms with Gasteiger partial charge in [-0.15, -0.1) is 0 Å². The first-order valence-corrected chi connectivity index (χ1v) is 14.8. The van der Waals surface area contributed by atoms with E-state index in [1.54, 1.807) is 5.57 Å². The molecular weight excluding hydrogens is 458 g/mol. The largest absolute Gasteiger partial charge is 0.353 e. The normalized spacial score (nSPS) is 43.4. The number of nitrogens with two attached hydrogens (primary N) is 1. The Morgan fingerprint density at radius 3 is 2.31 bits per heavy atom. The minimum Gasteiger partial charge on any atom is -0.353 e. The summed E-state index contributed by atoms with van der Waals surface area (Å²) in [7, 11) is 3.31. The molecule has 4 aliphatic carbocycles. The summed E-state index contributed by atoms with van der Waals surface area (Å²) in [6, 6.07) is 0. The maximum absolute atomic E-state index is 6.19. The lowest BCUT2D eigenvalue weighted by Gasteiger charge is -2.60. The molecule has 0 aromatic rings. The summed E-state index contributed by atoms with van der Waals surface area (Å²) < 4.78 is 24.5. The Balaban J connectivity index is 0.000000815. The molecule has 7 atom stereocenters. The number of ether oxygens (including phenoxy) is 4. The summed E-state index contributed by atoms with van der Waals surface area (Å²) in [5.74, 6) is 2.89. The van der Waals surface area contributed by atoms with Crippen molar-refractivity contribution in [1.82, 2.24) is 0 Å². The molecule has 0 aromatic heterocycles. The van der Waals surface area contributed by atoms with Gasteiger partial charge < -0.3 is 24.7 Å². The van der Waals surface area contributed by atoms with Gasteiger partial charge in [-0.1, -0.05) is 32.4 Å². The van der Waals surface area contributed by atoms with Crippen LogP contribution in [0.4, 0.5) is 0 Å². The van der Waals surface area contributed by atoms with Crippen LogP contribution in [0.1, 0.15) is 86.0 Å². The van der Waals surface area contributed by atoms with Crippen molar-refractivity contribution in [3.63, 3.8) is 0 Å². The second kappa shape index (κ2) is 11.7. The average Bonchev–Trinajstić information content (AvgIpc) is 3.50. The molecule has 35 heavy (non-hydrogen) atoms. The second-order valence-corrected chi connectivity index (χ2v) is 11.6. The van der Waals surface area contributed by atoms with Gasteiger partial charge in [0.05, 0.1) is 13.2 Å². The lowest BCUT2D eigenvalue weighted by atomic mass is 9.46. The number of hydrogen-bond acceptors (Lipinski definition) is 6. The Bertz CT molecular complexity index is 725. The topological polar surface area (TPSA) is 62.9 Å². The molecule has 1 aliphatic heterocycles. The minimum absolute atomic E-state index is 0.217. The minimum atomic E-state index is -0.437. The standard InChI is InChI=1S/C26H42O4S.C2H6.CH5N/c1-5-28-26(27-4)13-12-25(17-31)18(16-26)6-7-19-20-8-9-22(24(3)29-14-15-30-24)23(20,2)11-10-21(19)25;2*1-2/h6,19-22,31H,5,7-17H2,1-4H3;1-2H3;2H2,1H3. The smallest absolute Gasteiger partial charge is 0.171 e. The van der Waals surface area contributed by atoms with Gasteiger partial charge in [0.15, 0.2) is 11.6 Å². The van der Waals surface area contributed by atoms with E-state index in [0.717, 1.165) is 56.0 Å². The molecule has 0 radical (unpaired) electrons. The number of rotatable bonds is 5. The maximum atomic E-state index is 6.19. The molecule has 204 valence electrons. The van der Waals surface area contributed by atoms with Crippen molar-refractivity contribution in [2.24, 2.45) is 40.2 Å². The van der Waals surface area contributed by atoms with Gasteiger partial charge in [-0.05, 0) is 88.3 Å². The van der Waals surface area contributed by atoms with Crippen LogP contribution in [0.3, 0.4) is 0 Å². The van der Waals surface area contributed by atoms with Gasteiger partial charge in [-0.25, -0.2) is 0 Å². The predicted molar refractivity (Wildman–Crippen MR) is 147 cm³/mol. The number of methoxy groups -OCH3 is 1. The third-order valence-corrected chi connectivity index (χ3v) is 11.0. The average molecular weight is 512 g/mol. The Hall–Kier alpha value is -0.110. The third-order valence-electron chi connectivity index (χ3n) is 10.4. The summed E-state index contributed by atoms with van der Waals surface area (Å²) in [5, 5.41) is 0. The molecule has 3 saturated carbocycles. The number of thiol groups is 1. The summed E-state index contributed by atoms with van der Waals surface area (Å²) in [5.41, 5.74) is 6.60. The van der Waals surface area contributed by atoms with Gasteiger partial charge in [-0.3, -0.25) is 0 Å². The van der Waals surface area contributed by atoms with Crippen LogP contribution in [0.15, 0.2) is 11.6 Å². The van der Waals surface area contributed by atoms with Crippen molar-refractivity contribution in [3.8, 4) is 0 Å². The summed E-state index contributed by atoms with van der Waals surface area (Å²) in [4.78, 5) is 0. The van der Waals surface area contributed by atoms with E-state index < -0.39 is 5.79 Å². The third kappa shape index (κ3) is 4.78. The van der Waals surface area contributed by atoms with Crippen LogP contribution in [-0.2, 0) is 18.9 Å². The molecular formula is C29H53NO4S. The fourth-order valence-corrected chi connectivity index (χ4v) is 9.51. The zero-order chi connectivity index (χ0) is 25.9. The van der Waals surface area contributed by atoms with Crippen molar-refractivity contribution in [1.29, 1.82) is 0 Å². The summed E-state index contributed by atoms with van der Waals surface area (Å²) >= 11 is 4.99. The van der Waals surface area contributed by atoms with E-state index in [1.807, 2.05) is 21.0 Å². The second-order valence-electron chi connectivity index (χ2n) is 11.3. The van der Waals surface area contributed by atoms with Crippen LogP contribution in [0, 0.1) is 34.5 Å². The van der Waals surface area contributed by atoms with Crippen LogP contribution in [-0.4, -0.2) is 51.3 Å². The molecule has 1 heterocycles. The van der Waals surface area contributed by atoms with E-state index >= 15 is 0 Å². The van der Waals surface area contributed by atoms with Gasteiger partial charge in [0.25, 0.3) is 0 Å². The molecule has 0 spiro atoms. The first-order valence-electron chi connectivity index (χ1n) is 14.2. The van der Waals surface area contributed by atoms with Crippen LogP contribution in [0.2, 0.25) is 0 Å². The van der Waals surface area contributed by atoms with E-state index in [4.69, 9.17) is 31.6 Å². The Kier molecular flexibility index (Phi) is 9.87. The van der Waals surface area contributed by atoms with Crippen LogP contribution >= 0.6 is 12.6 Å². The fourth-order valence-electron chi connectivity index (χ4n) is 8.92. The SMILES string of the molecule is CC.CCOC1(OC)CCC2(CS)C(=CCC3C2CCC2(C)C3CCC2C2(C)OCCO2)C1.CN. The zero-order valence-electron chi connectivity index (χ0n) is 23.5. The van der Waals surface area contributed by atoms with E-state index in [2.05, 4.69) is 32.6 Å². The van der Waals surface area contributed by atoms with Gasteiger partial charge >= 0.3 is 0 Å². The van der Waals surface area contributed by atoms with E-state index in [0.29, 0.717) is 17.9 Å². The maximum Gasteiger partial charge on any atom is 0.171 e. The highest BCUT2D eigenvalue weighted by Gasteiger charge is 2.64. The molecule has 0 amide bonds. The molecule has 2 N–H and O–H groups in total. The van der Waals surface area contributed by atoms with Crippen molar-refractivity contribution in [2.75, 3.05) is 39.7 Å². The lowest BCUT2D eigenvalue weighted by molar-refractivity contribution is -0.241. The van der Waals surface area contributed by atoms with Crippen LogP contribution < -0.4 is 5.73 Å². The Morgan fingerprint density at radius 2 is 1.71 bits per heavy atom. The highest BCUT2D eigenvalue weighted by molar-refractivity contribution is 7.80. The van der Waals surface area contributed by atoms with Crippen molar-refractivity contribution >= 4 is 12.6 Å². The number of allylic oxidation sites excluding steroid dienone is 1. The lowest BCUT2D eigenvalue weighted by Crippen LogP contribution is -2.56. The molecule has 6 heteroatoms. The first-order chi connectivity index (χ1) is 16.9. The van der Waals surface area contributed by atoms with Crippen molar-refractivity contribution in [2.45, 2.75) is 97.6 Å². The van der Waals surface area contributed by atoms with E-state index in [1.165, 1.54) is 39.2 Å². The highest BCUT2D eigenvalue weighted by atomic mass is 32.1. The van der Waals surface area contributed by atoms with E-state index in [-0.39, 0.29) is 11.2 Å². The zero-order valence-corrected chi connectivity index (χ0v) is 24.4. The Labute approximate surface area is 220 Å². The monoisotopic (exact) mass is 511 g/mol. The summed E-state index contributed by atoms with van der Waals surface area (Å²) in [6.45, 7) is 13.0. The molecule has 4 fully saturated rings. The molecule has 5 nitrogen and oxygen atoms in total. The van der Waals surface area contributed by atoms with Gasteiger partial charge in [0.2, 0.25) is 0 Å². The molecule has 5 rings (SSSR count). The molecule has 0 aromatic carbocycles. The highest BCUT2D eigenvalue weighted by Crippen LogP contribution is 2.68. The Morgan fingerprint density at radius 1 is 1.03 bits per heavy atom. The van der Waals surface area contributed by atoms with Crippen LogP contribution in [0.5, 0.6) is 0 Å². The molecule has 1 saturated heterocycles. The van der Waals surface area contributed by atoms with Gasteiger partial charge in [0, 0.05) is 37.9 Å². The summed E-state index contributed by atoms with van der Waals surface area (Å²) in [6.07, 6.45) is 11.9. The molecule has 0 bridgehead atoms. The van der Waals surface area contributed by atoms with Crippen molar-refractivity contribution < 1.29 is 18.9 Å². The van der Waals surface area contributed by atoms with Crippen LogP contribution in [0.25, 0.3) is 0 Å². The molecule has 5 aliphatic rings. The quantitative estimate of drug-likeness (QED) is 0.261. The predicted octanol–water partition coefficient (Wildman–Crippen LogP) is 6.22. The number of fused-ring (bicyclic) bond motifs is 5. The first kappa shape index (κ1) is 29.4. The fraction of sp³-hybridized carbons (Fsp3) is 0.931. The van der Waals surface area contributed by atoms with Gasteiger partial charge in [-0.2, -0.15) is 12.6 Å². The van der Waals surface area contributed by atoms with Gasteiger partial charge in [0.1, 0.15) is 0 Å².